The Bertz CT molecular complexity index is 336. The fourth-order valence-electron chi connectivity index (χ4n) is 2.36. The molecule has 0 spiro atoms. The monoisotopic (exact) mass is 309 g/mol. The van der Waals surface area contributed by atoms with Gasteiger partial charge < -0.3 is 5.73 Å². The zero-order valence-electron chi connectivity index (χ0n) is 11.8. The molecule has 0 saturated carbocycles. The van der Waals surface area contributed by atoms with Gasteiger partial charge in [0.15, 0.2) is 0 Å². The molecule has 1 heterocycles. The van der Waals surface area contributed by atoms with Crippen LogP contribution in [0.1, 0.15) is 38.5 Å². The molecule has 1 rings (SSSR count). The highest BCUT2D eigenvalue weighted by Crippen LogP contribution is 2.18. The Morgan fingerprint density at radius 3 is 2.79 bits per heavy atom. The molecule has 0 radical (unpaired) electrons. The van der Waals surface area contributed by atoms with Crippen LogP contribution in [0.25, 0.3) is 0 Å². The Labute approximate surface area is 121 Å². The predicted molar refractivity (Wildman–Crippen MR) is 82.6 cm³/mol. The number of rotatable bonds is 9. The highest BCUT2D eigenvalue weighted by molar-refractivity contribution is 7.98. The van der Waals surface area contributed by atoms with Gasteiger partial charge in [0, 0.05) is 25.7 Å². The number of nitrogens with two attached hydrogens (primary N) is 1. The summed E-state index contributed by atoms with van der Waals surface area (Å²) in [4.78, 5) is 0. The molecule has 1 unspecified atom stereocenters. The van der Waals surface area contributed by atoms with Crippen LogP contribution in [0.5, 0.6) is 0 Å². The maximum absolute atomic E-state index is 12.2. The van der Waals surface area contributed by atoms with Crippen LogP contribution in [0.2, 0.25) is 0 Å². The van der Waals surface area contributed by atoms with Gasteiger partial charge in [-0.25, -0.2) is 4.72 Å². The van der Waals surface area contributed by atoms with E-state index in [-0.39, 0.29) is 6.04 Å². The van der Waals surface area contributed by atoms with Crippen LogP contribution < -0.4 is 10.5 Å². The van der Waals surface area contributed by atoms with Gasteiger partial charge in [-0.3, -0.25) is 0 Å². The van der Waals surface area contributed by atoms with Crippen molar-refractivity contribution in [3.63, 3.8) is 0 Å². The fourth-order valence-corrected chi connectivity index (χ4v) is 4.37. The molecular formula is C12H27N3O2S2. The van der Waals surface area contributed by atoms with E-state index in [0.29, 0.717) is 19.6 Å². The van der Waals surface area contributed by atoms with Crippen molar-refractivity contribution in [2.45, 2.75) is 44.6 Å². The fraction of sp³-hybridized carbons (Fsp3) is 1.00. The summed E-state index contributed by atoms with van der Waals surface area (Å²) < 4.78 is 28.7. The normalized spacial score (nSPS) is 21.7. The predicted octanol–water partition coefficient (Wildman–Crippen LogP) is 1.17. The number of hydrogen-bond acceptors (Lipinski definition) is 4. The Kier molecular flexibility index (Phi) is 8.32. The number of hydrogen-bond donors (Lipinski definition) is 2. The van der Waals surface area contributed by atoms with E-state index in [2.05, 4.69) is 11.0 Å². The van der Waals surface area contributed by atoms with E-state index >= 15 is 0 Å². The van der Waals surface area contributed by atoms with E-state index in [1.807, 2.05) is 11.8 Å². The molecule has 114 valence electrons. The average molecular weight is 310 g/mol. The minimum atomic E-state index is -3.34. The lowest BCUT2D eigenvalue weighted by molar-refractivity contribution is 0.254. The summed E-state index contributed by atoms with van der Waals surface area (Å²) in [6.07, 6.45) is 8.10. The Balaban J connectivity index is 2.33. The second-order valence-corrected chi connectivity index (χ2v) is 7.64. The van der Waals surface area contributed by atoms with E-state index in [0.717, 1.165) is 44.3 Å². The number of thioether (sulfide) groups is 1. The maximum atomic E-state index is 12.2. The van der Waals surface area contributed by atoms with E-state index in [1.165, 1.54) is 0 Å². The number of nitrogens with zero attached hydrogens (tertiary/aromatic N) is 1. The summed E-state index contributed by atoms with van der Waals surface area (Å²) in [5, 5.41) is 0. The van der Waals surface area contributed by atoms with Crippen molar-refractivity contribution in [3.05, 3.63) is 0 Å². The second-order valence-electron chi connectivity index (χ2n) is 4.95. The summed E-state index contributed by atoms with van der Waals surface area (Å²) in [6, 6.07) is -0.0252. The summed E-state index contributed by atoms with van der Waals surface area (Å²) in [6.45, 7) is 1.54. The van der Waals surface area contributed by atoms with Crippen LogP contribution in [0.15, 0.2) is 0 Å². The minimum Gasteiger partial charge on any atom is -0.329 e. The third-order valence-corrected chi connectivity index (χ3v) is 5.83. The van der Waals surface area contributed by atoms with Crippen LogP contribution in [0.3, 0.4) is 0 Å². The SMILES string of the molecule is CSCCCCCNS(=O)(=O)N1CCCCC1CN. The highest BCUT2D eigenvalue weighted by Gasteiger charge is 2.30. The first-order valence-electron chi connectivity index (χ1n) is 7.07. The van der Waals surface area contributed by atoms with Gasteiger partial charge in [-0.15, -0.1) is 0 Å². The van der Waals surface area contributed by atoms with E-state index < -0.39 is 10.2 Å². The number of unbranched alkanes of at least 4 members (excludes halogenated alkanes) is 2. The number of nitrogens with one attached hydrogen (secondary N) is 1. The van der Waals surface area contributed by atoms with Gasteiger partial charge in [-0.2, -0.15) is 24.5 Å². The van der Waals surface area contributed by atoms with Crippen molar-refractivity contribution >= 4 is 22.0 Å². The molecule has 0 aromatic rings. The van der Waals surface area contributed by atoms with E-state index in [1.54, 1.807) is 4.31 Å². The largest absolute Gasteiger partial charge is 0.329 e. The van der Waals surface area contributed by atoms with Gasteiger partial charge in [0.25, 0.3) is 10.2 Å². The third kappa shape index (κ3) is 5.99. The first kappa shape index (κ1) is 17.2. The summed E-state index contributed by atoms with van der Waals surface area (Å²) in [5.41, 5.74) is 5.66. The first-order chi connectivity index (χ1) is 9.11. The highest BCUT2D eigenvalue weighted by atomic mass is 32.2. The molecular weight excluding hydrogens is 282 g/mol. The van der Waals surface area contributed by atoms with Gasteiger partial charge in [-0.05, 0) is 37.7 Å². The zero-order chi connectivity index (χ0) is 14.1. The van der Waals surface area contributed by atoms with Gasteiger partial charge in [0.05, 0.1) is 0 Å². The topological polar surface area (TPSA) is 75.4 Å². The third-order valence-electron chi connectivity index (χ3n) is 3.46. The first-order valence-corrected chi connectivity index (χ1v) is 9.90. The maximum Gasteiger partial charge on any atom is 0.279 e. The molecule has 0 amide bonds. The van der Waals surface area contributed by atoms with Crippen LogP contribution in [0.4, 0.5) is 0 Å². The molecule has 0 aromatic heterocycles. The Morgan fingerprint density at radius 1 is 1.32 bits per heavy atom. The Hall–Kier alpha value is 0.180. The molecule has 3 N–H and O–H groups in total. The molecule has 0 aromatic carbocycles. The second kappa shape index (κ2) is 9.18. The van der Waals surface area contributed by atoms with Crippen LogP contribution in [-0.2, 0) is 10.2 Å². The summed E-state index contributed by atoms with van der Waals surface area (Å²) >= 11 is 1.83. The van der Waals surface area contributed by atoms with Crippen molar-refractivity contribution < 1.29 is 8.42 Å². The Morgan fingerprint density at radius 2 is 2.11 bits per heavy atom. The molecule has 1 aliphatic rings. The lowest BCUT2D eigenvalue weighted by Crippen LogP contribution is -2.51. The molecule has 0 bridgehead atoms. The van der Waals surface area contributed by atoms with Crippen molar-refractivity contribution in [1.29, 1.82) is 0 Å². The summed E-state index contributed by atoms with van der Waals surface area (Å²) in [5.74, 6) is 1.15. The summed E-state index contributed by atoms with van der Waals surface area (Å²) in [7, 11) is -3.34. The average Bonchev–Trinajstić information content (AvgIpc) is 2.42. The molecule has 1 fully saturated rings. The van der Waals surface area contributed by atoms with Crippen molar-refractivity contribution in [1.82, 2.24) is 9.03 Å². The standard InChI is InChI=1S/C12H27N3O2S2/c1-18-10-6-2-4-8-14-19(16,17)15-9-5-3-7-12(15)11-13/h12,14H,2-11,13H2,1H3. The minimum absolute atomic E-state index is 0.0252. The van der Waals surface area contributed by atoms with E-state index in [4.69, 9.17) is 5.73 Å². The molecule has 19 heavy (non-hydrogen) atoms. The molecule has 1 atom stereocenters. The lowest BCUT2D eigenvalue weighted by Gasteiger charge is -2.33. The van der Waals surface area contributed by atoms with Crippen LogP contribution in [0, 0.1) is 0 Å². The van der Waals surface area contributed by atoms with E-state index in [9.17, 15) is 8.42 Å². The van der Waals surface area contributed by atoms with Gasteiger partial charge in [0.2, 0.25) is 0 Å². The number of piperidine rings is 1. The van der Waals surface area contributed by atoms with Gasteiger partial charge in [-0.1, -0.05) is 12.8 Å². The quantitative estimate of drug-likeness (QED) is 0.627. The smallest absolute Gasteiger partial charge is 0.279 e. The van der Waals surface area contributed by atoms with Crippen molar-refractivity contribution in [2.24, 2.45) is 5.73 Å². The van der Waals surface area contributed by atoms with Gasteiger partial charge in [0.1, 0.15) is 0 Å². The molecule has 1 aliphatic heterocycles. The van der Waals surface area contributed by atoms with Crippen LogP contribution >= 0.6 is 11.8 Å². The van der Waals surface area contributed by atoms with Crippen molar-refractivity contribution in [3.8, 4) is 0 Å². The molecule has 0 aliphatic carbocycles. The molecule has 7 heteroatoms. The lowest BCUT2D eigenvalue weighted by atomic mass is 10.1. The van der Waals surface area contributed by atoms with Crippen molar-refractivity contribution in [2.75, 3.05) is 31.6 Å². The molecule has 1 saturated heterocycles. The zero-order valence-corrected chi connectivity index (χ0v) is 13.4. The van der Waals surface area contributed by atoms with Crippen LogP contribution in [-0.4, -0.2) is 50.4 Å². The molecule has 5 nitrogen and oxygen atoms in total. The van der Waals surface area contributed by atoms with Gasteiger partial charge >= 0.3 is 0 Å².